The second-order valence-corrected chi connectivity index (χ2v) is 7.22. The van der Waals surface area contributed by atoms with Crippen molar-refractivity contribution in [2.24, 2.45) is 11.3 Å². The number of hydrogen-bond acceptors (Lipinski definition) is 3. The molecule has 1 amide bonds. The molecule has 5 heteroatoms. The summed E-state index contributed by atoms with van der Waals surface area (Å²) in [5, 5.41) is 11.5. The number of ether oxygens (including phenoxy) is 1. The smallest absolute Gasteiger partial charge is 0.412 e. The van der Waals surface area contributed by atoms with Gasteiger partial charge in [0.25, 0.3) is 0 Å². The van der Waals surface area contributed by atoms with Crippen molar-refractivity contribution in [2.75, 3.05) is 0 Å². The number of benzene rings is 1. The van der Waals surface area contributed by atoms with Crippen molar-refractivity contribution in [1.82, 2.24) is 5.32 Å². The molecule has 1 unspecified atom stereocenters. The number of carbonyl (C=O) groups is 2. The van der Waals surface area contributed by atoms with Gasteiger partial charge in [-0.1, -0.05) is 64.1 Å². The minimum Gasteiger partial charge on any atom is -0.477 e. The van der Waals surface area contributed by atoms with Crippen molar-refractivity contribution in [3.63, 3.8) is 0 Å². The average Bonchev–Trinajstić information content (AvgIpc) is 2.48. The van der Waals surface area contributed by atoms with Gasteiger partial charge in [-0.2, -0.15) is 0 Å². The maximum atomic E-state index is 11.8. The van der Waals surface area contributed by atoms with Gasteiger partial charge in [0.05, 0.1) is 0 Å². The molecule has 24 heavy (non-hydrogen) atoms. The first kappa shape index (κ1) is 19.7. The number of amides is 1. The summed E-state index contributed by atoms with van der Waals surface area (Å²) in [5.74, 6) is -0.851. The molecular formula is C19H27NO4. The molecule has 1 atom stereocenters. The van der Waals surface area contributed by atoms with Crippen molar-refractivity contribution in [3.05, 3.63) is 47.7 Å². The largest absolute Gasteiger partial charge is 0.477 e. The van der Waals surface area contributed by atoms with Crippen LogP contribution < -0.4 is 5.32 Å². The van der Waals surface area contributed by atoms with Crippen LogP contribution in [0.5, 0.6) is 0 Å². The maximum Gasteiger partial charge on any atom is 0.412 e. The van der Waals surface area contributed by atoms with Crippen LogP contribution in [0.2, 0.25) is 0 Å². The highest BCUT2D eigenvalue weighted by Crippen LogP contribution is 2.26. The van der Waals surface area contributed by atoms with Crippen LogP contribution in [0.15, 0.2) is 42.1 Å². The van der Waals surface area contributed by atoms with Crippen molar-refractivity contribution < 1.29 is 19.4 Å². The lowest BCUT2D eigenvalue weighted by molar-refractivity contribution is -0.133. The molecule has 2 N–H and O–H groups in total. The van der Waals surface area contributed by atoms with Crippen molar-refractivity contribution in [1.29, 1.82) is 0 Å². The minimum atomic E-state index is -1.17. The van der Waals surface area contributed by atoms with E-state index in [-0.39, 0.29) is 17.7 Å². The highest BCUT2D eigenvalue weighted by Gasteiger charge is 2.17. The fraction of sp³-hybridized carbons (Fsp3) is 0.474. The fourth-order valence-corrected chi connectivity index (χ4v) is 2.51. The molecule has 0 bridgehead atoms. The molecule has 132 valence electrons. The number of alkyl carbamates (subject to hydrolysis) is 1. The quantitative estimate of drug-likeness (QED) is 0.728. The van der Waals surface area contributed by atoms with Crippen LogP contribution in [0.4, 0.5) is 4.79 Å². The normalized spacial score (nSPS) is 13.2. The van der Waals surface area contributed by atoms with Crippen LogP contribution in [-0.2, 0) is 16.1 Å². The third-order valence-corrected chi connectivity index (χ3v) is 3.37. The Kier molecular flexibility index (Phi) is 7.49. The number of rotatable bonds is 7. The van der Waals surface area contributed by atoms with E-state index in [4.69, 9.17) is 4.74 Å². The molecule has 0 saturated carbocycles. The highest BCUT2D eigenvalue weighted by molar-refractivity contribution is 5.90. The number of aliphatic carboxylic acids is 1. The van der Waals surface area contributed by atoms with Gasteiger partial charge in [0, 0.05) is 0 Å². The Morgan fingerprint density at radius 3 is 2.42 bits per heavy atom. The first-order valence-corrected chi connectivity index (χ1v) is 8.08. The molecule has 0 heterocycles. The molecule has 0 aliphatic rings. The first-order valence-electron chi connectivity index (χ1n) is 8.08. The zero-order chi connectivity index (χ0) is 18.2. The van der Waals surface area contributed by atoms with E-state index in [1.165, 1.54) is 0 Å². The summed E-state index contributed by atoms with van der Waals surface area (Å²) in [5.41, 5.74) is 0.875. The molecule has 0 aliphatic heterocycles. The van der Waals surface area contributed by atoms with E-state index >= 15 is 0 Å². The third kappa shape index (κ3) is 8.36. The summed E-state index contributed by atoms with van der Waals surface area (Å²) in [6.07, 6.45) is 2.32. The number of hydrogen-bond donors (Lipinski definition) is 2. The summed E-state index contributed by atoms with van der Waals surface area (Å²) in [6.45, 7) is 8.59. The van der Waals surface area contributed by atoms with Gasteiger partial charge in [0.2, 0.25) is 0 Å². The van der Waals surface area contributed by atoms with Crippen LogP contribution in [0.3, 0.4) is 0 Å². The second-order valence-electron chi connectivity index (χ2n) is 7.22. The summed E-state index contributed by atoms with van der Waals surface area (Å²) in [6, 6.07) is 9.21. The number of carboxylic acid groups (broad SMARTS) is 1. The Bertz CT molecular complexity index is 573. The van der Waals surface area contributed by atoms with Crippen LogP contribution in [0.25, 0.3) is 0 Å². The molecule has 1 rings (SSSR count). The SMILES string of the molecule is CC(C/C=C(/NC(=O)OCc1ccccc1)C(=O)O)CC(C)(C)C. The van der Waals surface area contributed by atoms with E-state index in [9.17, 15) is 14.7 Å². The minimum absolute atomic E-state index is 0.0972. The number of carbonyl (C=O) groups excluding carboxylic acids is 1. The topological polar surface area (TPSA) is 75.6 Å². The van der Waals surface area contributed by atoms with E-state index in [1.54, 1.807) is 6.08 Å². The lowest BCUT2D eigenvalue weighted by atomic mass is 9.84. The maximum absolute atomic E-state index is 11.8. The van der Waals surface area contributed by atoms with E-state index in [1.807, 2.05) is 30.3 Å². The Labute approximate surface area is 143 Å². The zero-order valence-electron chi connectivity index (χ0n) is 14.8. The Hall–Kier alpha value is -2.30. The summed E-state index contributed by atoms with van der Waals surface area (Å²) in [4.78, 5) is 23.0. The van der Waals surface area contributed by atoms with Gasteiger partial charge in [0.15, 0.2) is 0 Å². The summed E-state index contributed by atoms with van der Waals surface area (Å²) >= 11 is 0. The molecule has 0 aromatic heterocycles. The van der Waals surface area contributed by atoms with Crippen molar-refractivity contribution >= 4 is 12.1 Å². The van der Waals surface area contributed by atoms with Crippen LogP contribution in [0.1, 0.15) is 46.1 Å². The van der Waals surface area contributed by atoms with Gasteiger partial charge in [-0.25, -0.2) is 9.59 Å². The Morgan fingerprint density at radius 1 is 1.25 bits per heavy atom. The molecule has 1 aromatic rings. The standard InChI is InChI=1S/C19H27NO4/c1-14(12-19(2,3)4)10-11-16(17(21)22)20-18(23)24-13-15-8-6-5-7-9-15/h5-9,11,14H,10,12-13H2,1-4H3,(H,20,23)(H,21,22)/b16-11+. The summed E-state index contributed by atoms with van der Waals surface area (Å²) < 4.78 is 5.04. The fourth-order valence-electron chi connectivity index (χ4n) is 2.51. The van der Waals surface area contributed by atoms with E-state index < -0.39 is 12.1 Å². The molecular weight excluding hydrogens is 306 g/mol. The number of allylic oxidation sites excluding steroid dienone is 1. The van der Waals surface area contributed by atoms with Gasteiger partial charge in [-0.3, -0.25) is 5.32 Å². The summed E-state index contributed by atoms with van der Waals surface area (Å²) in [7, 11) is 0. The van der Waals surface area contributed by atoms with Crippen LogP contribution in [0, 0.1) is 11.3 Å². The Balaban J connectivity index is 2.54. The molecule has 5 nitrogen and oxygen atoms in total. The monoisotopic (exact) mass is 333 g/mol. The lowest BCUT2D eigenvalue weighted by Gasteiger charge is -2.22. The van der Waals surface area contributed by atoms with Crippen LogP contribution in [-0.4, -0.2) is 17.2 Å². The predicted molar refractivity (Wildman–Crippen MR) is 93.3 cm³/mol. The predicted octanol–water partition coefficient (Wildman–Crippen LogP) is 4.34. The Morgan fingerprint density at radius 2 is 1.88 bits per heavy atom. The van der Waals surface area contributed by atoms with Gasteiger partial charge < -0.3 is 9.84 Å². The van der Waals surface area contributed by atoms with Crippen molar-refractivity contribution in [3.8, 4) is 0 Å². The molecule has 0 aliphatic carbocycles. The average molecular weight is 333 g/mol. The highest BCUT2D eigenvalue weighted by atomic mass is 16.5. The van der Waals surface area contributed by atoms with E-state index in [0.29, 0.717) is 12.3 Å². The zero-order valence-corrected chi connectivity index (χ0v) is 14.8. The molecule has 0 fully saturated rings. The molecule has 1 aromatic carbocycles. The number of carboxylic acids is 1. The molecule has 0 spiro atoms. The first-order chi connectivity index (χ1) is 11.2. The van der Waals surface area contributed by atoms with Gasteiger partial charge in [-0.05, 0) is 29.7 Å². The van der Waals surface area contributed by atoms with E-state index in [2.05, 4.69) is 33.0 Å². The van der Waals surface area contributed by atoms with Crippen molar-refractivity contribution in [2.45, 2.75) is 47.1 Å². The molecule has 0 saturated heterocycles. The van der Waals surface area contributed by atoms with Gasteiger partial charge in [-0.15, -0.1) is 0 Å². The van der Waals surface area contributed by atoms with Crippen LogP contribution >= 0.6 is 0 Å². The lowest BCUT2D eigenvalue weighted by Crippen LogP contribution is -2.28. The second kappa shape index (κ2) is 9.11. The van der Waals surface area contributed by atoms with E-state index in [0.717, 1.165) is 12.0 Å². The number of nitrogens with one attached hydrogen (secondary N) is 1. The molecule has 0 radical (unpaired) electrons. The van der Waals surface area contributed by atoms with Gasteiger partial charge >= 0.3 is 12.1 Å². The third-order valence-electron chi connectivity index (χ3n) is 3.37. The van der Waals surface area contributed by atoms with Gasteiger partial charge in [0.1, 0.15) is 12.3 Å².